The Morgan fingerprint density at radius 1 is 1.35 bits per heavy atom. The highest BCUT2D eigenvalue weighted by molar-refractivity contribution is 7.86. The van der Waals surface area contributed by atoms with Gasteiger partial charge in [-0.1, -0.05) is 12.1 Å². The van der Waals surface area contributed by atoms with E-state index in [0.29, 0.717) is 12.2 Å². The Morgan fingerprint density at radius 3 is 2.90 bits per heavy atom. The third kappa shape index (κ3) is 2.72. The first-order valence-corrected chi connectivity index (χ1v) is 8.67. The summed E-state index contributed by atoms with van der Waals surface area (Å²) in [5.41, 5.74) is 3.37. The van der Waals surface area contributed by atoms with Crippen LogP contribution in [0.5, 0.6) is 0 Å². The van der Waals surface area contributed by atoms with E-state index < -0.39 is 10.8 Å². The molecule has 0 amide bonds. The monoisotopic (exact) mass is 292 g/mol. The quantitative estimate of drug-likeness (QED) is 0.800. The van der Waals surface area contributed by atoms with Crippen LogP contribution in [0.1, 0.15) is 41.3 Å². The van der Waals surface area contributed by atoms with E-state index >= 15 is 0 Å². The Labute approximate surface area is 122 Å². The van der Waals surface area contributed by atoms with Crippen LogP contribution < -0.4 is 0 Å². The molecule has 108 valence electrons. The molecule has 0 aromatic heterocycles. The van der Waals surface area contributed by atoms with E-state index in [1.165, 1.54) is 17.5 Å². The molecule has 3 atom stereocenters. The van der Waals surface area contributed by atoms with Crippen LogP contribution in [0.2, 0.25) is 0 Å². The summed E-state index contributed by atoms with van der Waals surface area (Å²) in [4.78, 5) is 12.3. The number of aryl methyl sites for hydroxylation is 2. The third-order valence-electron chi connectivity index (χ3n) is 4.34. The van der Waals surface area contributed by atoms with Gasteiger partial charge < -0.3 is 4.74 Å². The summed E-state index contributed by atoms with van der Waals surface area (Å²) in [6.45, 7) is 2.60. The summed E-state index contributed by atoms with van der Waals surface area (Å²) in [6, 6.07) is 5.94. The Kier molecular flexibility index (Phi) is 4.03. The maximum absolute atomic E-state index is 12.3. The van der Waals surface area contributed by atoms with Crippen LogP contribution in [0, 0.1) is 0 Å². The molecule has 1 aliphatic heterocycles. The molecule has 20 heavy (non-hydrogen) atoms. The maximum atomic E-state index is 12.3. The summed E-state index contributed by atoms with van der Waals surface area (Å²) < 4.78 is 17.7. The normalized spacial score (nSPS) is 26.4. The highest BCUT2D eigenvalue weighted by atomic mass is 32.2. The average molecular weight is 292 g/mol. The van der Waals surface area contributed by atoms with Gasteiger partial charge in [0.1, 0.15) is 0 Å². The van der Waals surface area contributed by atoms with Gasteiger partial charge in [-0.3, -0.25) is 9.00 Å². The minimum absolute atomic E-state index is 0.00265. The van der Waals surface area contributed by atoms with Crippen molar-refractivity contribution in [1.82, 2.24) is 0 Å². The number of carbonyl (C=O) groups is 1. The number of hydrogen-bond acceptors (Lipinski definition) is 3. The number of rotatable bonds is 4. The number of Topliss-reactive ketones (excluding diaryl/α,β-unsaturated/α-hetero) is 1. The van der Waals surface area contributed by atoms with E-state index in [1.807, 2.05) is 19.1 Å². The highest BCUT2D eigenvalue weighted by Gasteiger charge is 2.30. The zero-order valence-corrected chi connectivity index (χ0v) is 12.6. The van der Waals surface area contributed by atoms with Crippen LogP contribution in [0.3, 0.4) is 0 Å². The van der Waals surface area contributed by atoms with Crippen molar-refractivity contribution in [2.75, 3.05) is 12.4 Å². The van der Waals surface area contributed by atoms with Gasteiger partial charge in [-0.05, 0) is 49.8 Å². The Bertz CT molecular complexity index is 553. The van der Waals surface area contributed by atoms with Crippen molar-refractivity contribution in [1.29, 1.82) is 0 Å². The van der Waals surface area contributed by atoms with Gasteiger partial charge >= 0.3 is 0 Å². The molecule has 0 saturated carbocycles. The molecule has 2 aliphatic rings. The van der Waals surface area contributed by atoms with Crippen LogP contribution in [-0.2, 0) is 28.4 Å². The van der Waals surface area contributed by atoms with Gasteiger partial charge in [0.05, 0.1) is 17.1 Å². The lowest BCUT2D eigenvalue weighted by molar-refractivity contribution is 0.102. The molecule has 1 aliphatic carbocycles. The molecule has 0 N–H and O–H groups in total. The largest absolute Gasteiger partial charge is 0.377 e. The zero-order valence-electron chi connectivity index (χ0n) is 11.8. The Morgan fingerprint density at radius 2 is 2.15 bits per heavy atom. The van der Waals surface area contributed by atoms with E-state index in [2.05, 4.69) is 6.07 Å². The lowest BCUT2D eigenvalue weighted by Gasteiger charge is -2.13. The van der Waals surface area contributed by atoms with Gasteiger partial charge in [-0.25, -0.2) is 0 Å². The van der Waals surface area contributed by atoms with Crippen LogP contribution in [0.15, 0.2) is 18.2 Å². The molecule has 3 unspecified atom stereocenters. The minimum Gasteiger partial charge on any atom is -0.377 e. The standard InChI is InChI=1S/C16H20O3S/c1-11-16(7-8-19-11)20(18)10-15(17)14-6-5-12-3-2-4-13(12)9-14/h5-6,9,11,16H,2-4,7-8,10H2,1H3. The third-order valence-corrected chi connectivity index (χ3v) is 6.18. The van der Waals surface area contributed by atoms with Gasteiger partial charge in [-0.15, -0.1) is 0 Å². The first kappa shape index (κ1) is 14.0. The highest BCUT2D eigenvalue weighted by Crippen LogP contribution is 2.24. The number of ether oxygens (including phenoxy) is 1. The fourth-order valence-electron chi connectivity index (χ4n) is 3.12. The van der Waals surface area contributed by atoms with Crippen molar-refractivity contribution >= 4 is 16.6 Å². The molecule has 0 bridgehead atoms. The number of ketones is 1. The maximum Gasteiger partial charge on any atom is 0.175 e. The summed E-state index contributed by atoms with van der Waals surface area (Å²) in [5, 5.41) is 0.00776. The van der Waals surface area contributed by atoms with E-state index in [9.17, 15) is 9.00 Å². The first-order chi connectivity index (χ1) is 9.65. The van der Waals surface area contributed by atoms with Crippen LogP contribution >= 0.6 is 0 Å². The van der Waals surface area contributed by atoms with E-state index in [4.69, 9.17) is 4.74 Å². The smallest absolute Gasteiger partial charge is 0.175 e. The van der Waals surface area contributed by atoms with Crippen LogP contribution in [0.25, 0.3) is 0 Å². The molecule has 1 heterocycles. The summed E-state index contributed by atoms with van der Waals surface area (Å²) in [7, 11) is -1.13. The van der Waals surface area contributed by atoms with E-state index in [0.717, 1.165) is 19.3 Å². The Balaban J connectivity index is 1.68. The molecule has 1 fully saturated rings. The average Bonchev–Trinajstić information content (AvgIpc) is 3.05. The molecular weight excluding hydrogens is 272 g/mol. The molecule has 0 spiro atoms. The lowest BCUT2D eigenvalue weighted by atomic mass is 10.0. The van der Waals surface area contributed by atoms with E-state index in [-0.39, 0.29) is 22.9 Å². The molecule has 3 rings (SSSR count). The second kappa shape index (κ2) is 5.78. The van der Waals surface area contributed by atoms with Gasteiger partial charge in [0.25, 0.3) is 0 Å². The SMILES string of the molecule is CC1OCCC1S(=O)CC(=O)c1ccc2c(c1)CCC2. The predicted molar refractivity (Wildman–Crippen MR) is 79.6 cm³/mol. The lowest BCUT2D eigenvalue weighted by Crippen LogP contribution is -2.27. The molecule has 1 saturated heterocycles. The topological polar surface area (TPSA) is 43.4 Å². The van der Waals surface area contributed by atoms with Crippen molar-refractivity contribution < 1.29 is 13.7 Å². The fourth-order valence-corrected chi connectivity index (χ4v) is 4.63. The van der Waals surface area contributed by atoms with Crippen molar-refractivity contribution in [2.24, 2.45) is 0 Å². The number of hydrogen-bond donors (Lipinski definition) is 0. The second-order valence-electron chi connectivity index (χ2n) is 5.69. The molecular formula is C16H20O3S. The molecule has 3 nitrogen and oxygen atoms in total. The van der Waals surface area contributed by atoms with Crippen LogP contribution in [-0.4, -0.2) is 33.7 Å². The fraction of sp³-hybridized carbons (Fsp3) is 0.562. The Hall–Kier alpha value is -1.00. The summed E-state index contributed by atoms with van der Waals surface area (Å²) in [6.07, 6.45) is 4.16. The predicted octanol–water partition coefficient (Wildman–Crippen LogP) is 2.28. The zero-order chi connectivity index (χ0) is 14.1. The molecule has 1 aromatic carbocycles. The van der Waals surface area contributed by atoms with Crippen molar-refractivity contribution in [3.63, 3.8) is 0 Å². The number of fused-ring (bicyclic) bond motifs is 1. The van der Waals surface area contributed by atoms with Gasteiger partial charge in [0.2, 0.25) is 0 Å². The first-order valence-electron chi connectivity index (χ1n) is 7.29. The van der Waals surface area contributed by atoms with Gasteiger partial charge in [-0.2, -0.15) is 0 Å². The van der Waals surface area contributed by atoms with Gasteiger partial charge in [0.15, 0.2) is 5.78 Å². The minimum atomic E-state index is -1.13. The number of carbonyl (C=O) groups excluding carboxylic acids is 1. The molecule has 0 radical (unpaired) electrons. The van der Waals surface area contributed by atoms with Crippen molar-refractivity contribution in [2.45, 2.75) is 44.0 Å². The molecule has 4 heteroatoms. The van der Waals surface area contributed by atoms with Crippen LogP contribution in [0.4, 0.5) is 0 Å². The van der Waals surface area contributed by atoms with Crippen molar-refractivity contribution in [3.8, 4) is 0 Å². The van der Waals surface area contributed by atoms with Gasteiger partial charge in [0, 0.05) is 23.0 Å². The van der Waals surface area contributed by atoms with E-state index in [1.54, 1.807) is 0 Å². The van der Waals surface area contributed by atoms with Crippen molar-refractivity contribution in [3.05, 3.63) is 34.9 Å². The summed E-state index contributed by atoms with van der Waals surface area (Å²) >= 11 is 0. The number of benzene rings is 1. The summed E-state index contributed by atoms with van der Waals surface area (Å²) in [5.74, 6) is 0.120. The second-order valence-corrected chi connectivity index (χ2v) is 7.34. The molecule has 1 aromatic rings.